The molecule has 2 aromatic carbocycles. The molecule has 0 amide bonds. The molecule has 3 heterocycles. The molecule has 1 saturated heterocycles. The van der Waals surface area contributed by atoms with Gasteiger partial charge in [0.05, 0.1) is 25.0 Å². The Morgan fingerprint density at radius 2 is 2.00 bits per heavy atom. The molecule has 0 saturated carbocycles. The number of ether oxygens (including phenoxy) is 2. The van der Waals surface area contributed by atoms with Crippen LogP contribution in [-0.4, -0.2) is 57.1 Å². The highest BCUT2D eigenvalue weighted by molar-refractivity contribution is 7.52. The maximum Gasteiger partial charge on any atom is 0.459 e. The van der Waals surface area contributed by atoms with Crippen molar-refractivity contribution in [1.29, 1.82) is 0 Å². The van der Waals surface area contributed by atoms with Crippen molar-refractivity contribution in [2.24, 2.45) is 5.92 Å². The van der Waals surface area contributed by atoms with Crippen LogP contribution in [0.5, 0.6) is 5.75 Å². The second-order valence-electron chi connectivity index (χ2n) is 9.61. The van der Waals surface area contributed by atoms with Crippen LogP contribution < -0.4 is 15.3 Å². The summed E-state index contributed by atoms with van der Waals surface area (Å²) in [7, 11) is -4.19. The summed E-state index contributed by atoms with van der Waals surface area (Å²) in [6.45, 7) is 4.90. The van der Waals surface area contributed by atoms with Gasteiger partial charge in [-0.3, -0.25) is 9.32 Å². The van der Waals surface area contributed by atoms with Gasteiger partial charge >= 0.3 is 13.7 Å². The molecule has 5 rings (SSSR count). The number of esters is 1. The minimum absolute atomic E-state index is 0.159. The summed E-state index contributed by atoms with van der Waals surface area (Å²) in [6.07, 6.45) is -1.01. The number of hydrogen-bond donors (Lipinski definition) is 3. The van der Waals surface area contributed by atoms with Crippen LogP contribution in [0.2, 0.25) is 0 Å². The number of nitrogen functional groups attached to an aromatic ring is 1. The molecule has 1 aliphatic rings. The van der Waals surface area contributed by atoms with Crippen molar-refractivity contribution in [3.05, 3.63) is 66.6 Å². The lowest BCUT2D eigenvalue weighted by atomic mass is 9.97. The average Bonchev–Trinajstić information content (AvgIpc) is 3.49. The average molecular weight is 570 g/mol. The molecule has 2 aromatic heterocycles. The standard InChI is InChI=1S/C27H32N5O7P/c1-4-36-27(34)17(3)31-40(35,39-22-11-7-9-18-8-5-6-10-19(18)22)37-14-23-24(33)16(2)25(38-23)20-12-13-21-26(28)29-15-30-32(20)21/h5-13,15-17,23-25,33H,4,14H2,1-3H3,(H,31,35)(H2,28,29,30)/t16-,17-,23+,24-,25+,40?/m0/s1. The molecule has 0 radical (unpaired) electrons. The van der Waals surface area contributed by atoms with Crippen LogP contribution in [0.25, 0.3) is 16.3 Å². The largest absolute Gasteiger partial charge is 0.465 e. The molecule has 0 aliphatic carbocycles. The van der Waals surface area contributed by atoms with Gasteiger partial charge in [-0.15, -0.1) is 0 Å². The third kappa shape index (κ3) is 5.54. The molecule has 40 heavy (non-hydrogen) atoms. The molecule has 0 spiro atoms. The third-order valence-electron chi connectivity index (χ3n) is 6.89. The summed E-state index contributed by atoms with van der Waals surface area (Å²) in [4.78, 5) is 16.3. The second-order valence-corrected chi connectivity index (χ2v) is 11.3. The number of anilines is 1. The molecule has 6 atom stereocenters. The van der Waals surface area contributed by atoms with E-state index in [2.05, 4.69) is 15.2 Å². The first-order chi connectivity index (χ1) is 19.2. The van der Waals surface area contributed by atoms with Gasteiger partial charge in [-0.05, 0) is 37.4 Å². The van der Waals surface area contributed by atoms with Gasteiger partial charge in [-0.25, -0.2) is 14.1 Å². The molecule has 1 fully saturated rings. The Balaban J connectivity index is 1.38. The fraction of sp³-hybridized carbons (Fsp3) is 0.370. The predicted octanol–water partition coefficient (Wildman–Crippen LogP) is 3.65. The number of nitrogens with zero attached hydrogens (tertiary/aromatic N) is 3. The number of nitrogens with one attached hydrogen (secondary N) is 1. The molecular formula is C27H32N5O7P. The zero-order valence-electron chi connectivity index (χ0n) is 22.3. The Morgan fingerprint density at radius 1 is 1.23 bits per heavy atom. The fourth-order valence-electron chi connectivity index (χ4n) is 4.80. The SMILES string of the molecule is CCOC(=O)[C@H](C)NP(=O)(OC[C@H]1O[C@@H](c2ccc3c(N)ncnn23)[C@@H](C)[C@@H]1O)Oc1cccc2ccccc12. The zero-order chi connectivity index (χ0) is 28.4. The number of nitrogens with two attached hydrogens (primary N) is 1. The lowest BCUT2D eigenvalue weighted by Gasteiger charge is -2.25. The molecule has 1 unspecified atom stereocenters. The molecule has 212 valence electrons. The van der Waals surface area contributed by atoms with Gasteiger partial charge in [0.1, 0.15) is 35.8 Å². The van der Waals surface area contributed by atoms with Crippen molar-refractivity contribution < 1.29 is 33.0 Å². The molecule has 4 N–H and O–H groups in total. The highest BCUT2D eigenvalue weighted by Gasteiger charge is 2.44. The number of aliphatic hydroxyl groups excluding tert-OH is 1. The van der Waals surface area contributed by atoms with Crippen molar-refractivity contribution in [2.75, 3.05) is 18.9 Å². The Bertz CT molecular complexity index is 1560. The van der Waals surface area contributed by atoms with E-state index >= 15 is 0 Å². The Hall–Kier alpha value is -3.54. The maximum atomic E-state index is 14.1. The van der Waals surface area contributed by atoms with Crippen molar-refractivity contribution in [3.8, 4) is 5.75 Å². The van der Waals surface area contributed by atoms with E-state index in [1.165, 1.54) is 13.3 Å². The Morgan fingerprint density at radius 3 is 2.80 bits per heavy atom. The first-order valence-corrected chi connectivity index (χ1v) is 14.5. The smallest absolute Gasteiger partial charge is 0.459 e. The summed E-state index contributed by atoms with van der Waals surface area (Å²) in [5, 5.41) is 19.6. The van der Waals surface area contributed by atoms with Crippen LogP contribution in [0.4, 0.5) is 5.82 Å². The van der Waals surface area contributed by atoms with Gasteiger partial charge in [-0.1, -0.05) is 43.3 Å². The lowest BCUT2D eigenvalue weighted by Crippen LogP contribution is -2.36. The minimum Gasteiger partial charge on any atom is -0.465 e. The van der Waals surface area contributed by atoms with Crippen LogP contribution in [0.15, 0.2) is 60.9 Å². The molecule has 1 aliphatic heterocycles. The highest BCUT2D eigenvalue weighted by Crippen LogP contribution is 2.48. The summed E-state index contributed by atoms with van der Waals surface area (Å²) in [5.74, 6) is -0.338. The molecule has 13 heteroatoms. The molecular weight excluding hydrogens is 537 g/mol. The number of aromatic nitrogens is 3. The number of aliphatic hydroxyl groups is 1. The van der Waals surface area contributed by atoms with E-state index in [4.69, 9.17) is 24.3 Å². The van der Waals surface area contributed by atoms with Gasteiger partial charge < -0.3 is 24.8 Å². The zero-order valence-corrected chi connectivity index (χ0v) is 23.2. The maximum absolute atomic E-state index is 14.1. The van der Waals surface area contributed by atoms with Crippen molar-refractivity contribution in [3.63, 3.8) is 0 Å². The van der Waals surface area contributed by atoms with Gasteiger partial charge in [0, 0.05) is 11.3 Å². The van der Waals surface area contributed by atoms with E-state index in [0.717, 1.165) is 5.39 Å². The van der Waals surface area contributed by atoms with E-state index in [-0.39, 0.29) is 19.1 Å². The summed E-state index contributed by atoms with van der Waals surface area (Å²) >= 11 is 0. The number of hydrogen-bond acceptors (Lipinski definition) is 10. The second kappa shape index (κ2) is 11.5. The van der Waals surface area contributed by atoms with Crippen LogP contribution in [-0.2, 0) is 23.4 Å². The number of carbonyl (C=O) groups excluding carboxylic acids is 1. The lowest BCUT2D eigenvalue weighted by molar-refractivity contribution is -0.144. The third-order valence-corrected chi connectivity index (χ3v) is 8.52. The number of fused-ring (bicyclic) bond motifs is 2. The van der Waals surface area contributed by atoms with E-state index in [1.54, 1.807) is 29.6 Å². The first kappa shape index (κ1) is 28.0. The number of carbonyl (C=O) groups is 1. The highest BCUT2D eigenvalue weighted by atomic mass is 31.2. The van der Waals surface area contributed by atoms with Crippen LogP contribution in [0, 0.1) is 5.92 Å². The number of benzene rings is 2. The van der Waals surface area contributed by atoms with E-state index in [1.807, 2.05) is 43.3 Å². The number of rotatable bonds is 10. The summed E-state index contributed by atoms with van der Waals surface area (Å²) < 4.78 is 38.7. The van der Waals surface area contributed by atoms with Crippen molar-refractivity contribution >= 4 is 35.8 Å². The van der Waals surface area contributed by atoms with Crippen LogP contribution >= 0.6 is 7.75 Å². The predicted molar refractivity (Wildman–Crippen MR) is 148 cm³/mol. The minimum atomic E-state index is -4.19. The fourth-order valence-corrected chi connectivity index (χ4v) is 6.32. The molecule has 12 nitrogen and oxygen atoms in total. The topological polar surface area (TPSA) is 160 Å². The Kier molecular flexibility index (Phi) is 8.07. The van der Waals surface area contributed by atoms with Gasteiger partial charge in [0.15, 0.2) is 5.82 Å². The van der Waals surface area contributed by atoms with E-state index in [0.29, 0.717) is 28.2 Å². The van der Waals surface area contributed by atoms with Gasteiger partial charge in [0.2, 0.25) is 0 Å². The van der Waals surface area contributed by atoms with Crippen LogP contribution in [0.3, 0.4) is 0 Å². The quantitative estimate of drug-likeness (QED) is 0.189. The van der Waals surface area contributed by atoms with Gasteiger partial charge in [0.25, 0.3) is 0 Å². The van der Waals surface area contributed by atoms with Gasteiger partial charge in [-0.2, -0.15) is 10.2 Å². The first-order valence-electron chi connectivity index (χ1n) is 13.0. The monoisotopic (exact) mass is 569 g/mol. The Labute approximate surface area is 231 Å². The normalized spacial score (nSPS) is 23.2. The van der Waals surface area contributed by atoms with Crippen molar-refractivity contribution in [2.45, 2.75) is 45.1 Å². The molecule has 0 bridgehead atoms. The van der Waals surface area contributed by atoms with E-state index in [9.17, 15) is 14.5 Å². The summed E-state index contributed by atoms with van der Waals surface area (Å²) in [6, 6.07) is 15.4. The summed E-state index contributed by atoms with van der Waals surface area (Å²) in [5.41, 5.74) is 7.26. The van der Waals surface area contributed by atoms with Crippen molar-refractivity contribution in [1.82, 2.24) is 19.7 Å². The molecule has 4 aromatic rings. The van der Waals surface area contributed by atoms with E-state index < -0.39 is 38.1 Å². The van der Waals surface area contributed by atoms with Crippen LogP contribution in [0.1, 0.15) is 32.6 Å².